The highest BCUT2D eigenvalue weighted by atomic mass is 79.9. The van der Waals surface area contributed by atoms with E-state index >= 15 is 0 Å². The van der Waals surface area contributed by atoms with Gasteiger partial charge in [0.25, 0.3) is 5.91 Å². The molecule has 0 aromatic heterocycles. The average molecular weight is 401 g/mol. The molecular weight excluding hydrogens is 389 g/mol. The maximum atomic E-state index is 13.6. The van der Waals surface area contributed by atoms with Crippen LogP contribution in [0.5, 0.6) is 0 Å². The van der Waals surface area contributed by atoms with E-state index in [9.17, 15) is 14.0 Å². The second kappa shape index (κ2) is 7.57. The summed E-state index contributed by atoms with van der Waals surface area (Å²) < 4.78 is 19.2. The van der Waals surface area contributed by atoms with Crippen LogP contribution >= 0.6 is 27.5 Å². The number of halogens is 3. The van der Waals surface area contributed by atoms with Crippen molar-refractivity contribution in [3.05, 3.63) is 62.8 Å². The van der Waals surface area contributed by atoms with E-state index in [1.807, 2.05) is 13.0 Å². The van der Waals surface area contributed by atoms with Gasteiger partial charge in [0.05, 0.1) is 5.02 Å². The second-order valence-corrected chi connectivity index (χ2v) is 5.95. The molecule has 0 aliphatic rings. The Morgan fingerprint density at radius 2 is 2.04 bits per heavy atom. The minimum absolute atomic E-state index is 0.0714. The molecule has 2 rings (SSSR count). The molecule has 0 aliphatic heterocycles. The lowest BCUT2D eigenvalue weighted by Gasteiger charge is -2.09. The third-order valence-electron chi connectivity index (χ3n) is 2.96. The number of carbonyl (C=O) groups excluding carboxylic acids is 2. The van der Waals surface area contributed by atoms with Crippen LogP contribution in [0.1, 0.15) is 15.9 Å². The molecule has 1 N–H and O–H groups in total. The van der Waals surface area contributed by atoms with E-state index in [0.717, 1.165) is 16.1 Å². The SMILES string of the molecule is Cc1ccc(NC(=O)COC(=O)c2c(F)cccc2Cl)cc1Br. The van der Waals surface area contributed by atoms with Gasteiger partial charge in [0, 0.05) is 10.2 Å². The van der Waals surface area contributed by atoms with Gasteiger partial charge in [-0.3, -0.25) is 4.79 Å². The lowest BCUT2D eigenvalue weighted by atomic mass is 10.2. The first-order chi connectivity index (χ1) is 10.9. The van der Waals surface area contributed by atoms with Gasteiger partial charge < -0.3 is 10.1 Å². The predicted octanol–water partition coefficient (Wildman–Crippen LogP) is 4.35. The summed E-state index contributed by atoms with van der Waals surface area (Å²) in [5.74, 6) is -2.33. The molecule has 2 aromatic rings. The van der Waals surface area contributed by atoms with Crippen LogP contribution in [0, 0.1) is 12.7 Å². The van der Waals surface area contributed by atoms with Gasteiger partial charge in [0.15, 0.2) is 6.61 Å². The minimum Gasteiger partial charge on any atom is -0.452 e. The summed E-state index contributed by atoms with van der Waals surface area (Å²) in [4.78, 5) is 23.6. The number of ether oxygens (including phenoxy) is 1. The Morgan fingerprint density at radius 1 is 1.30 bits per heavy atom. The Kier molecular flexibility index (Phi) is 5.74. The Hall–Kier alpha value is -1.92. The number of aryl methyl sites for hydroxylation is 1. The molecule has 0 radical (unpaired) electrons. The number of anilines is 1. The maximum absolute atomic E-state index is 13.6. The molecule has 0 saturated heterocycles. The second-order valence-electron chi connectivity index (χ2n) is 4.68. The van der Waals surface area contributed by atoms with Crippen LogP contribution in [-0.4, -0.2) is 18.5 Å². The summed E-state index contributed by atoms with van der Waals surface area (Å²) in [6, 6.07) is 9.09. The van der Waals surface area contributed by atoms with Crippen molar-refractivity contribution in [3.8, 4) is 0 Å². The van der Waals surface area contributed by atoms with E-state index in [2.05, 4.69) is 21.2 Å². The highest BCUT2D eigenvalue weighted by Gasteiger charge is 2.18. The van der Waals surface area contributed by atoms with Crippen LogP contribution in [-0.2, 0) is 9.53 Å². The van der Waals surface area contributed by atoms with Gasteiger partial charge >= 0.3 is 5.97 Å². The van der Waals surface area contributed by atoms with E-state index < -0.39 is 24.3 Å². The normalized spacial score (nSPS) is 10.3. The molecule has 0 heterocycles. The molecule has 0 spiro atoms. The zero-order valence-corrected chi connectivity index (χ0v) is 14.4. The average Bonchev–Trinajstić information content (AvgIpc) is 2.49. The molecule has 0 saturated carbocycles. The number of amides is 1. The summed E-state index contributed by atoms with van der Waals surface area (Å²) in [7, 11) is 0. The Balaban J connectivity index is 1.96. The summed E-state index contributed by atoms with van der Waals surface area (Å²) in [5.41, 5.74) is 1.18. The molecule has 0 atom stereocenters. The first kappa shape index (κ1) is 17.4. The quantitative estimate of drug-likeness (QED) is 0.777. The third-order valence-corrected chi connectivity index (χ3v) is 4.13. The first-order valence-electron chi connectivity index (χ1n) is 6.55. The van der Waals surface area contributed by atoms with Crippen molar-refractivity contribution in [1.82, 2.24) is 0 Å². The molecule has 4 nitrogen and oxygen atoms in total. The van der Waals surface area contributed by atoms with E-state index in [1.165, 1.54) is 12.1 Å². The number of nitrogens with one attached hydrogen (secondary N) is 1. The lowest BCUT2D eigenvalue weighted by molar-refractivity contribution is -0.119. The van der Waals surface area contributed by atoms with E-state index in [0.29, 0.717) is 5.69 Å². The lowest BCUT2D eigenvalue weighted by Crippen LogP contribution is -2.21. The Morgan fingerprint density at radius 3 is 2.70 bits per heavy atom. The van der Waals surface area contributed by atoms with Gasteiger partial charge in [0.2, 0.25) is 0 Å². The first-order valence-corrected chi connectivity index (χ1v) is 7.72. The Bertz CT molecular complexity index is 747. The smallest absolute Gasteiger partial charge is 0.343 e. The molecule has 0 fully saturated rings. The fraction of sp³-hybridized carbons (Fsp3) is 0.125. The number of carbonyl (C=O) groups is 2. The molecule has 23 heavy (non-hydrogen) atoms. The molecule has 0 bridgehead atoms. The predicted molar refractivity (Wildman–Crippen MR) is 89.2 cm³/mol. The third kappa shape index (κ3) is 4.53. The maximum Gasteiger partial charge on any atom is 0.343 e. The van der Waals surface area contributed by atoms with E-state index in [1.54, 1.807) is 12.1 Å². The topological polar surface area (TPSA) is 55.4 Å². The van der Waals surface area contributed by atoms with Gasteiger partial charge in [0.1, 0.15) is 11.4 Å². The fourth-order valence-corrected chi connectivity index (χ4v) is 2.38. The van der Waals surface area contributed by atoms with Gasteiger partial charge in [-0.05, 0) is 36.8 Å². The van der Waals surface area contributed by atoms with Crippen molar-refractivity contribution in [2.75, 3.05) is 11.9 Å². The summed E-state index contributed by atoms with van der Waals surface area (Å²) >= 11 is 9.11. The number of hydrogen-bond acceptors (Lipinski definition) is 3. The van der Waals surface area contributed by atoms with Crippen molar-refractivity contribution in [2.24, 2.45) is 0 Å². The number of hydrogen-bond donors (Lipinski definition) is 1. The minimum atomic E-state index is -0.992. The molecule has 0 aliphatic carbocycles. The van der Waals surface area contributed by atoms with Crippen molar-refractivity contribution in [2.45, 2.75) is 6.92 Å². The zero-order valence-electron chi connectivity index (χ0n) is 12.0. The molecule has 0 unspecified atom stereocenters. The molecule has 2 aromatic carbocycles. The van der Waals surface area contributed by atoms with Crippen molar-refractivity contribution in [3.63, 3.8) is 0 Å². The summed E-state index contributed by atoms with van der Waals surface area (Å²) in [5, 5.41) is 2.50. The number of rotatable bonds is 4. The standard InChI is InChI=1S/C16H12BrClFNO3/c1-9-5-6-10(7-11(9)17)20-14(21)8-23-16(22)15-12(18)3-2-4-13(15)19/h2-7H,8H2,1H3,(H,20,21). The van der Waals surface area contributed by atoms with Crippen LogP contribution in [0.2, 0.25) is 5.02 Å². The van der Waals surface area contributed by atoms with Crippen LogP contribution in [0.25, 0.3) is 0 Å². The van der Waals surface area contributed by atoms with Gasteiger partial charge in [-0.25, -0.2) is 9.18 Å². The zero-order chi connectivity index (χ0) is 17.0. The van der Waals surface area contributed by atoms with Crippen molar-refractivity contribution < 1.29 is 18.7 Å². The molecular formula is C16H12BrClFNO3. The van der Waals surface area contributed by atoms with Crippen LogP contribution < -0.4 is 5.32 Å². The van der Waals surface area contributed by atoms with Crippen LogP contribution in [0.15, 0.2) is 40.9 Å². The van der Waals surface area contributed by atoms with Crippen molar-refractivity contribution in [1.29, 1.82) is 0 Å². The fourth-order valence-electron chi connectivity index (χ4n) is 1.76. The Labute approximate surface area is 145 Å². The van der Waals surface area contributed by atoms with Crippen molar-refractivity contribution >= 4 is 45.1 Å². The summed E-state index contributed by atoms with van der Waals surface area (Å²) in [6.45, 7) is 1.37. The molecule has 1 amide bonds. The van der Waals surface area contributed by atoms with E-state index in [4.69, 9.17) is 16.3 Å². The van der Waals surface area contributed by atoms with E-state index in [-0.39, 0.29) is 10.6 Å². The van der Waals surface area contributed by atoms with Crippen LogP contribution in [0.4, 0.5) is 10.1 Å². The van der Waals surface area contributed by atoms with Gasteiger partial charge in [-0.1, -0.05) is 39.7 Å². The highest BCUT2D eigenvalue weighted by Crippen LogP contribution is 2.21. The molecule has 120 valence electrons. The number of benzene rings is 2. The highest BCUT2D eigenvalue weighted by molar-refractivity contribution is 9.10. The van der Waals surface area contributed by atoms with Gasteiger partial charge in [-0.2, -0.15) is 0 Å². The van der Waals surface area contributed by atoms with Gasteiger partial charge in [-0.15, -0.1) is 0 Å². The van der Waals surface area contributed by atoms with Crippen LogP contribution in [0.3, 0.4) is 0 Å². The molecule has 7 heteroatoms. The monoisotopic (exact) mass is 399 g/mol. The largest absolute Gasteiger partial charge is 0.452 e. The summed E-state index contributed by atoms with van der Waals surface area (Å²) in [6.07, 6.45) is 0. The number of esters is 1.